The first-order chi connectivity index (χ1) is 16.5. The number of sulfonamides is 1. The van der Waals surface area contributed by atoms with Crippen molar-refractivity contribution in [3.63, 3.8) is 0 Å². The van der Waals surface area contributed by atoms with Gasteiger partial charge in [0.1, 0.15) is 11.8 Å². The highest BCUT2D eigenvalue weighted by Gasteiger charge is 2.28. The van der Waals surface area contributed by atoms with E-state index in [0.29, 0.717) is 24.3 Å². The van der Waals surface area contributed by atoms with Crippen molar-refractivity contribution >= 4 is 27.5 Å². The van der Waals surface area contributed by atoms with Crippen molar-refractivity contribution in [3.8, 4) is 5.75 Å². The second kappa shape index (κ2) is 12.6. The molecular formula is C26H37N3O5S. The number of nitrogens with zero attached hydrogens (tertiary/aromatic N) is 2. The summed E-state index contributed by atoms with van der Waals surface area (Å²) in [6.45, 7) is 6.09. The molecule has 0 unspecified atom stereocenters. The fraction of sp³-hybridized carbons (Fsp3) is 0.462. The van der Waals surface area contributed by atoms with E-state index < -0.39 is 16.1 Å². The maximum absolute atomic E-state index is 13.4. The molecule has 192 valence electrons. The first kappa shape index (κ1) is 28.2. The second-order valence-electron chi connectivity index (χ2n) is 8.57. The highest BCUT2D eigenvalue weighted by molar-refractivity contribution is 7.92. The molecule has 1 N–H and O–H groups in total. The van der Waals surface area contributed by atoms with Crippen molar-refractivity contribution in [1.82, 2.24) is 10.2 Å². The molecular weight excluding hydrogens is 466 g/mol. The molecule has 35 heavy (non-hydrogen) atoms. The highest BCUT2D eigenvalue weighted by atomic mass is 32.2. The van der Waals surface area contributed by atoms with Crippen molar-refractivity contribution in [2.45, 2.75) is 52.6 Å². The Hall–Kier alpha value is -3.07. The maximum Gasteiger partial charge on any atom is 0.242 e. The Labute approximate surface area is 209 Å². The molecule has 0 heterocycles. The van der Waals surface area contributed by atoms with Crippen LogP contribution in [-0.2, 0) is 26.2 Å². The van der Waals surface area contributed by atoms with Gasteiger partial charge in [-0.3, -0.25) is 13.9 Å². The number of nitrogens with one attached hydrogen (secondary N) is 1. The number of hydrogen-bond donors (Lipinski definition) is 1. The molecule has 0 saturated heterocycles. The average molecular weight is 504 g/mol. The van der Waals surface area contributed by atoms with Crippen LogP contribution in [0.3, 0.4) is 0 Å². The SMILES string of the molecule is CC[C@H](C(=O)NC)N(Cc1cccc(OC)c1)C(=O)CCCN(c1cccc(C)c1C)S(C)(=O)=O. The molecule has 2 rings (SSSR count). The lowest BCUT2D eigenvalue weighted by Gasteiger charge is -2.31. The number of aryl methyl sites for hydroxylation is 1. The van der Waals surface area contributed by atoms with Gasteiger partial charge in [0.15, 0.2) is 0 Å². The molecule has 0 aliphatic carbocycles. The summed E-state index contributed by atoms with van der Waals surface area (Å²) in [6.07, 6.45) is 2.05. The van der Waals surface area contributed by atoms with Crippen LogP contribution in [0.5, 0.6) is 5.75 Å². The van der Waals surface area contributed by atoms with Gasteiger partial charge in [-0.15, -0.1) is 0 Å². The fourth-order valence-corrected chi connectivity index (χ4v) is 5.06. The number of hydrogen-bond acceptors (Lipinski definition) is 5. The summed E-state index contributed by atoms with van der Waals surface area (Å²) in [5.74, 6) is 0.217. The first-order valence-electron chi connectivity index (χ1n) is 11.7. The molecule has 0 fully saturated rings. The predicted molar refractivity (Wildman–Crippen MR) is 139 cm³/mol. The van der Waals surface area contributed by atoms with Crippen LogP contribution in [0.15, 0.2) is 42.5 Å². The normalized spacial score (nSPS) is 12.1. The Kier molecular flexibility index (Phi) is 10.1. The van der Waals surface area contributed by atoms with E-state index >= 15 is 0 Å². The molecule has 1 atom stereocenters. The maximum atomic E-state index is 13.4. The van der Waals surface area contributed by atoms with Gasteiger partial charge in [-0.2, -0.15) is 0 Å². The van der Waals surface area contributed by atoms with Crippen molar-refractivity contribution in [2.75, 3.05) is 31.3 Å². The van der Waals surface area contributed by atoms with Gasteiger partial charge in [-0.05, 0) is 61.6 Å². The van der Waals surface area contributed by atoms with Crippen LogP contribution in [-0.4, -0.2) is 58.1 Å². The van der Waals surface area contributed by atoms with E-state index in [1.165, 1.54) is 10.6 Å². The van der Waals surface area contributed by atoms with Gasteiger partial charge >= 0.3 is 0 Å². The van der Waals surface area contributed by atoms with E-state index in [1.54, 1.807) is 25.1 Å². The fourth-order valence-electron chi connectivity index (χ4n) is 4.04. The Morgan fingerprint density at radius 2 is 1.80 bits per heavy atom. The van der Waals surface area contributed by atoms with Crippen molar-refractivity contribution in [1.29, 1.82) is 0 Å². The summed E-state index contributed by atoms with van der Waals surface area (Å²) in [4.78, 5) is 27.5. The average Bonchev–Trinajstić information content (AvgIpc) is 2.82. The van der Waals surface area contributed by atoms with E-state index in [9.17, 15) is 18.0 Å². The third-order valence-corrected chi connectivity index (χ3v) is 7.30. The minimum Gasteiger partial charge on any atom is -0.497 e. The van der Waals surface area contributed by atoms with E-state index in [0.717, 1.165) is 16.7 Å². The third-order valence-electron chi connectivity index (χ3n) is 6.12. The number of carbonyl (C=O) groups excluding carboxylic acids is 2. The Balaban J connectivity index is 2.24. The Morgan fingerprint density at radius 3 is 2.40 bits per heavy atom. The number of rotatable bonds is 12. The minimum atomic E-state index is -3.54. The zero-order chi connectivity index (χ0) is 26.2. The number of carbonyl (C=O) groups is 2. The summed E-state index contributed by atoms with van der Waals surface area (Å²) in [5.41, 5.74) is 3.33. The topological polar surface area (TPSA) is 96.0 Å². The van der Waals surface area contributed by atoms with Crippen LogP contribution in [0.1, 0.15) is 42.9 Å². The number of ether oxygens (including phenoxy) is 1. The minimum absolute atomic E-state index is 0.106. The molecule has 0 bridgehead atoms. The Bertz CT molecular complexity index is 1130. The lowest BCUT2D eigenvalue weighted by molar-refractivity contribution is -0.141. The number of amides is 2. The molecule has 9 heteroatoms. The highest BCUT2D eigenvalue weighted by Crippen LogP contribution is 2.26. The van der Waals surface area contributed by atoms with E-state index in [4.69, 9.17) is 4.74 Å². The van der Waals surface area contributed by atoms with E-state index in [-0.39, 0.29) is 31.3 Å². The molecule has 2 amide bonds. The molecule has 0 aliphatic heterocycles. The summed E-state index contributed by atoms with van der Waals surface area (Å²) in [6, 6.07) is 12.3. The van der Waals surface area contributed by atoms with Gasteiger partial charge in [-0.25, -0.2) is 8.42 Å². The van der Waals surface area contributed by atoms with Crippen LogP contribution in [0.25, 0.3) is 0 Å². The molecule has 0 spiro atoms. The number of anilines is 1. The van der Waals surface area contributed by atoms with Crippen LogP contribution in [0, 0.1) is 13.8 Å². The molecule has 0 saturated carbocycles. The third kappa shape index (κ3) is 7.45. The lowest BCUT2D eigenvalue weighted by Crippen LogP contribution is -2.48. The van der Waals surface area contributed by atoms with Gasteiger partial charge in [0, 0.05) is 26.6 Å². The van der Waals surface area contributed by atoms with Crippen molar-refractivity contribution in [2.24, 2.45) is 0 Å². The van der Waals surface area contributed by atoms with Crippen LogP contribution < -0.4 is 14.4 Å². The molecule has 0 aromatic heterocycles. The Morgan fingerprint density at radius 1 is 1.11 bits per heavy atom. The molecule has 0 aliphatic rings. The standard InChI is InChI=1S/C26H37N3O5S/c1-7-23(26(31)27-4)28(18-21-12-9-13-22(17-21)34-5)25(30)15-10-16-29(35(6,32)33)24-14-8-11-19(2)20(24)3/h8-9,11-14,17,23H,7,10,15-16,18H2,1-6H3,(H,27,31)/t23-/m1/s1. The first-order valence-corrected chi connectivity index (χ1v) is 13.6. The summed E-state index contributed by atoms with van der Waals surface area (Å²) >= 11 is 0. The molecule has 0 radical (unpaired) electrons. The largest absolute Gasteiger partial charge is 0.497 e. The van der Waals surface area contributed by atoms with Gasteiger partial charge < -0.3 is 15.0 Å². The van der Waals surface area contributed by atoms with E-state index in [2.05, 4.69) is 5.32 Å². The predicted octanol–water partition coefficient (Wildman–Crippen LogP) is 3.41. The molecule has 2 aromatic rings. The van der Waals surface area contributed by atoms with Gasteiger partial charge in [0.2, 0.25) is 21.8 Å². The zero-order valence-electron chi connectivity index (χ0n) is 21.5. The zero-order valence-corrected chi connectivity index (χ0v) is 22.3. The summed E-state index contributed by atoms with van der Waals surface area (Å²) in [7, 11) is -0.416. The smallest absolute Gasteiger partial charge is 0.242 e. The number of benzene rings is 2. The molecule has 8 nitrogen and oxygen atoms in total. The van der Waals surface area contributed by atoms with Gasteiger partial charge in [0.25, 0.3) is 0 Å². The lowest BCUT2D eigenvalue weighted by atomic mass is 10.1. The quantitative estimate of drug-likeness (QED) is 0.479. The van der Waals surface area contributed by atoms with Crippen LogP contribution >= 0.6 is 0 Å². The van der Waals surface area contributed by atoms with Gasteiger partial charge in [0.05, 0.1) is 19.1 Å². The van der Waals surface area contributed by atoms with Crippen LogP contribution in [0.2, 0.25) is 0 Å². The van der Waals surface area contributed by atoms with Crippen molar-refractivity contribution < 1.29 is 22.7 Å². The molecule has 2 aromatic carbocycles. The summed E-state index contributed by atoms with van der Waals surface area (Å²) < 4.78 is 31.8. The van der Waals surface area contributed by atoms with Crippen LogP contribution in [0.4, 0.5) is 5.69 Å². The second-order valence-corrected chi connectivity index (χ2v) is 10.5. The van der Waals surface area contributed by atoms with Gasteiger partial charge in [-0.1, -0.05) is 31.2 Å². The monoisotopic (exact) mass is 503 g/mol. The summed E-state index contributed by atoms with van der Waals surface area (Å²) in [5, 5.41) is 2.64. The van der Waals surface area contributed by atoms with E-state index in [1.807, 2.05) is 57.2 Å². The number of likely N-dealkylation sites (N-methyl/N-ethyl adjacent to an activating group) is 1. The van der Waals surface area contributed by atoms with Crippen molar-refractivity contribution in [3.05, 3.63) is 59.2 Å². The number of methoxy groups -OCH3 is 1.